The Morgan fingerprint density at radius 3 is 2.56 bits per heavy atom. The number of rotatable bonds is 6. The lowest BCUT2D eigenvalue weighted by Crippen LogP contribution is -2.19. The van der Waals surface area contributed by atoms with Crippen LogP contribution in [0.4, 0.5) is 10.1 Å². The van der Waals surface area contributed by atoms with Gasteiger partial charge in [0.25, 0.3) is 5.91 Å². The number of aliphatic imine (C=N–C) groups is 1. The van der Waals surface area contributed by atoms with Crippen molar-refractivity contribution in [1.29, 1.82) is 0 Å². The number of nitrogens with one attached hydrogen (secondary N) is 1. The molecule has 0 spiro atoms. The first-order valence-electron chi connectivity index (χ1n) is 8.54. The summed E-state index contributed by atoms with van der Waals surface area (Å²) in [5.41, 5.74) is 1.34. The molecule has 0 radical (unpaired) electrons. The molecule has 1 amide bonds. The van der Waals surface area contributed by atoms with Crippen molar-refractivity contribution in [3.63, 3.8) is 0 Å². The van der Waals surface area contributed by atoms with Gasteiger partial charge in [0.15, 0.2) is 5.17 Å². The highest BCUT2D eigenvalue weighted by molar-refractivity contribution is 8.18. The van der Waals surface area contributed by atoms with E-state index in [1.807, 2.05) is 32.0 Å². The molecule has 1 saturated heterocycles. The zero-order valence-electron chi connectivity index (χ0n) is 15.0. The summed E-state index contributed by atoms with van der Waals surface area (Å²) in [7, 11) is 0. The maximum Gasteiger partial charge on any atom is 0.264 e. The van der Waals surface area contributed by atoms with E-state index < -0.39 is 0 Å². The fraction of sp³-hybridized carbons (Fsp3) is 0.200. The maximum absolute atomic E-state index is 13.0. The Labute approximate surface area is 161 Å². The summed E-state index contributed by atoms with van der Waals surface area (Å²) in [6, 6.07) is 11.3. The Morgan fingerprint density at radius 1 is 1.11 bits per heavy atom. The number of thioether (sulfide) groups is 1. The van der Waals surface area contributed by atoms with Crippen LogP contribution in [0.1, 0.15) is 19.4 Å². The van der Waals surface area contributed by atoms with Crippen LogP contribution in [0.5, 0.6) is 11.5 Å². The zero-order chi connectivity index (χ0) is 19.2. The zero-order valence-corrected chi connectivity index (χ0v) is 15.8. The Balaban J connectivity index is 1.84. The van der Waals surface area contributed by atoms with E-state index >= 15 is 0 Å². The van der Waals surface area contributed by atoms with Crippen LogP contribution in [0.15, 0.2) is 52.4 Å². The summed E-state index contributed by atoms with van der Waals surface area (Å²) in [6.07, 6.45) is 1.76. The van der Waals surface area contributed by atoms with Crippen molar-refractivity contribution >= 4 is 34.6 Å². The van der Waals surface area contributed by atoms with Gasteiger partial charge in [-0.3, -0.25) is 4.79 Å². The van der Waals surface area contributed by atoms with Crippen LogP contribution >= 0.6 is 11.8 Å². The molecule has 3 rings (SSSR count). The third-order valence-corrected chi connectivity index (χ3v) is 4.50. The summed E-state index contributed by atoms with van der Waals surface area (Å²) in [6.45, 7) is 4.88. The van der Waals surface area contributed by atoms with Crippen LogP contribution in [0.25, 0.3) is 6.08 Å². The van der Waals surface area contributed by atoms with Gasteiger partial charge in [0.2, 0.25) is 0 Å². The van der Waals surface area contributed by atoms with Gasteiger partial charge < -0.3 is 14.8 Å². The van der Waals surface area contributed by atoms with Gasteiger partial charge in [-0.05, 0) is 68.1 Å². The van der Waals surface area contributed by atoms with E-state index in [1.165, 1.54) is 23.9 Å². The number of nitrogens with zero attached hydrogens (tertiary/aromatic N) is 1. The van der Waals surface area contributed by atoms with Gasteiger partial charge in [-0.1, -0.05) is 0 Å². The highest BCUT2D eigenvalue weighted by Gasteiger charge is 2.24. The van der Waals surface area contributed by atoms with Gasteiger partial charge in [0, 0.05) is 11.6 Å². The number of amides is 1. The number of hydrogen-bond donors (Lipinski definition) is 1. The van der Waals surface area contributed by atoms with E-state index in [2.05, 4.69) is 10.3 Å². The van der Waals surface area contributed by atoms with E-state index in [4.69, 9.17) is 9.47 Å². The van der Waals surface area contributed by atoms with Crippen LogP contribution in [0.2, 0.25) is 0 Å². The summed E-state index contributed by atoms with van der Waals surface area (Å²) >= 11 is 1.22. The molecule has 1 fully saturated rings. The number of hydrogen-bond acceptors (Lipinski definition) is 5. The van der Waals surface area contributed by atoms with Crippen LogP contribution in [-0.4, -0.2) is 24.3 Å². The van der Waals surface area contributed by atoms with Crippen molar-refractivity contribution in [2.45, 2.75) is 13.8 Å². The Kier molecular flexibility index (Phi) is 6.13. The van der Waals surface area contributed by atoms with Crippen LogP contribution < -0.4 is 14.8 Å². The molecule has 27 heavy (non-hydrogen) atoms. The van der Waals surface area contributed by atoms with E-state index in [9.17, 15) is 9.18 Å². The van der Waals surface area contributed by atoms with Gasteiger partial charge >= 0.3 is 0 Å². The minimum Gasteiger partial charge on any atom is -0.494 e. The molecule has 0 aliphatic carbocycles. The molecule has 5 nitrogen and oxygen atoms in total. The Morgan fingerprint density at radius 2 is 1.85 bits per heavy atom. The molecule has 0 atom stereocenters. The van der Waals surface area contributed by atoms with Gasteiger partial charge in [-0.15, -0.1) is 0 Å². The molecule has 1 aliphatic rings. The number of carbonyl (C=O) groups excluding carboxylic acids is 1. The standard InChI is InChI=1S/C20H19FN2O3S/c1-3-25-16-10-5-13(17(12-16)26-4-2)11-18-19(24)23-20(27-18)22-15-8-6-14(21)7-9-15/h5-12H,3-4H2,1-2H3,(H,22,23,24)/b18-11+. The molecule has 2 aromatic carbocycles. The van der Waals surface area contributed by atoms with Crippen molar-refractivity contribution in [2.75, 3.05) is 13.2 Å². The number of ether oxygens (including phenoxy) is 2. The largest absolute Gasteiger partial charge is 0.494 e. The van der Waals surface area contributed by atoms with E-state index in [0.717, 1.165) is 5.56 Å². The Bertz CT molecular complexity index is 895. The van der Waals surface area contributed by atoms with Gasteiger partial charge in [-0.2, -0.15) is 0 Å². The average molecular weight is 386 g/mol. The quantitative estimate of drug-likeness (QED) is 0.742. The van der Waals surface area contributed by atoms with E-state index in [0.29, 0.717) is 40.5 Å². The van der Waals surface area contributed by atoms with Crippen LogP contribution in [0.3, 0.4) is 0 Å². The summed E-state index contributed by atoms with van der Waals surface area (Å²) < 4.78 is 24.2. The molecule has 2 aromatic rings. The van der Waals surface area contributed by atoms with Crippen molar-refractivity contribution < 1.29 is 18.7 Å². The average Bonchev–Trinajstić information content (AvgIpc) is 2.99. The molecular formula is C20H19FN2O3S. The molecule has 1 N–H and O–H groups in total. The number of halogens is 1. The first kappa shape index (κ1) is 19.0. The first-order valence-corrected chi connectivity index (χ1v) is 9.35. The second kappa shape index (κ2) is 8.73. The molecule has 0 unspecified atom stereocenters. The SMILES string of the molecule is CCOc1ccc(/C=C2/SC(=Nc3ccc(F)cc3)NC2=O)c(OCC)c1. The topological polar surface area (TPSA) is 59.9 Å². The molecular weight excluding hydrogens is 367 g/mol. The second-order valence-electron chi connectivity index (χ2n) is 5.52. The van der Waals surface area contributed by atoms with E-state index in [-0.39, 0.29) is 11.7 Å². The van der Waals surface area contributed by atoms with E-state index in [1.54, 1.807) is 18.2 Å². The predicted octanol–water partition coefficient (Wildman–Crippen LogP) is 4.51. The maximum atomic E-state index is 13.0. The molecule has 0 saturated carbocycles. The fourth-order valence-corrected chi connectivity index (χ4v) is 3.26. The third kappa shape index (κ3) is 4.89. The molecule has 0 aromatic heterocycles. The normalized spacial score (nSPS) is 16.6. The van der Waals surface area contributed by atoms with Crippen molar-refractivity contribution in [3.05, 3.63) is 58.8 Å². The molecule has 1 aliphatic heterocycles. The summed E-state index contributed by atoms with van der Waals surface area (Å²) in [5.74, 6) is 0.789. The molecule has 7 heteroatoms. The second-order valence-corrected chi connectivity index (χ2v) is 6.55. The van der Waals surface area contributed by atoms with Gasteiger partial charge in [-0.25, -0.2) is 9.38 Å². The fourth-order valence-electron chi connectivity index (χ4n) is 2.43. The smallest absolute Gasteiger partial charge is 0.264 e. The molecule has 140 valence electrons. The number of amidine groups is 1. The van der Waals surface area contributed by atoms with Crippen molar-refractivity contribution in [2.24, 2.45) is 4.99 Å². The lowest BCUT2D eigenvalue weighted by Gasteiger charge is -2.10. The number of carbonyl (C=O) groups is 1. The summed E-state index contributed by atoms with van der Waals surface area (Å²) in [5, 5.41) is 3.16. The molecule has 0 bridgehead atoms. The highest BCUT2D eigenvalue weighted by atomic mass is 32.2. The van der Waals surface area contributed by atoms with Gasteiger partial charge in [0.05, 0.1) is 23.8 Å². The lowest BCUT2D eigenvalue weighted by molar-refractivity contribution is -0.115. The van der Waals surface area contributed by atoms with Crippen LogP contribution in [0, 0.1) is 5.82 Å². The van der Waals surface area contributed by atoms with Crippen molar-refractivity contribution in [3.8, 4) is 11.5 Å². The number of benzene rings is 2. The molecule has 1 heterocycles. The minimum absolute atomic E-state index is 0.239. The Hall–Kier alpha value is -2.80. The highest BCUT2D eigenvalue weighted by Crippen LogP contribution is 2.32. The first-order chi connectivity index (χ1) is 13.1. The predicted molar refractivity (Wildman–Crippen MR) is 106 cm³/mol. The van der Waals surface area contributed by atoms with Gasteiger partial charge in [0.1, 0.15) is 17.3 Å². The third-order valence-electron chi connectivity index (χ3n) is 3.59. The monoisotopic (exact) mass is 386 g/mol. The summed E-state index contributed by atoms with van der Waals surface area (Å²) in [4.78, 5) is 17.1. The van der Waals surface area contributed by atoms with Crippen LogP contribution in [-0.2, 0) is 4.79 Å². The minimum atomic E-state index is -0.332. The lowest BCUT2D eigenvalue weighted by atomic mass is 10.1. The van der Waals surface area contributed by atoms with Crippen molar-refractivity contribution in [1.82, 2.24) is 5.32 Å².